The third-order valence-corrected chi connectivity index (χ3v) is 6.65. The van der Waals surface area contributed by atoms with Crippen molar-refractivity contribution in [2.24, 2.45) is 0 Å². The molecule has 1 aromatic heterocycles. The summed E-state index contributed by atoms with van der Waals surface area (Å²) < 4.78 is 38.4. The number of rotatable bonds is 4. The molecule has 2 heterocycles. The summed E-state index contributed by atoms with van der Waals surface area (Å²) in [5.41, 5.74) is 2.79. The average Bonchev–Trinajstić information content (AvgIpc) is 3.10. The first kappa shape index (κ1) is 17.6. The average molecular weight is 384 g/mol. The van der Waals surface area contributed by atoms with E-state index in [0.29, 0.717) is 30.3 Å². The summed E-state index contributed by atoms with van der Waals surface area (Å²) in [6.45, 7) is 2.35. The minimum absolute atomic E-state index is 0.152. The monoisotopic (exact) mass is 384 g/mol. The highest BCUT2D eigenvalue weighted by molar-refractivity contribution is 7.92. The first-order valence-electron chi connectivity index (χ1n) is 8.59. The molecule has 0 atom stereocenters. The topological polar surface area (TPSA) is 68.7 Å². The Morgan fingerprint density at radius 3 is 2.56 bits per heavy atom. The fourth-order valence-electron chi connectivity index (χ4n) is 3.45. The van der Waals surface area contributed by atoms with Crippen LogP contribution in [0.4, 0.5) is 5.82 Å². The van der Waals surface area contributed by atoms with Gasteiger partial charge in [0.1, 0.15) is 5.82 Å². The molecule has 0 spiro atoms. The van der Waals surface area contributed by atoms with E-state index in [1.807, 2.05) is 31.2 Å². The number of benzene rings is 2. The standard InChI is InChI=1S/C20H20N2O4S/c1-13-5-4-6-14-11-15-9-10-22(20(15)21-19(13)14)27(23,24)16-7-8-17(25-2)18(12-16)26-3/h4-8,11-12H,9-10H2,1-3H3. The van der Waals surface area contributed by atoms with Gasteiger partial charge in [-0.15, -0.1) is 0 Å². The predicted octanol–water partition coefficient (Wildman–Crippen LogP) is 3.31. The predicted molar refractivity (Wildman–Crippen MR) is 104 cm³/mol. The molecule has 2 aromatic carbocycles. The van der Waals surface area contributed by atoms with Crippen molar-refractivity contribution in [1.29, 1.82) is 0 Å². The maximum atomic E-state index is 13.3. The van der Waals surface area contributed by atoms with Gasteiger partial charge in [-0.1, -0.05) is 18.2 Å². The Morgan fingerprint density at radius 2 is 1.81 bits per heavy atom. The fraction of sp³-hybridized carbons (Fsp3) is 0.250. The van der Waals surface area contributed by atoms with Crippen LogP contribution in [0.1, 0.15) is 11.1 Å². The Balaban J connectivity index is 1.83. The van der Waals surface area contributed by atoms with E-state index < -0.39 is 10.0 Å². The highest BCUT2D eigenvalue weighted by Gasteiger charge is 2.33. The SMILES string of the molecule is COc1ccc(S(=O)(=O)N2CCc3cc4cccc(C)c4nc32)cc1OC. The van der Waals surface area contributed by atoms with Gasteiger partial charge in [-0.3, -0.25) is 0 Å². The zero-order valence-corrected chi connectivity index (χ0v) is 16.2. The largest absolute Gasteiger partial charge is 0.493 e. The molecular formula is C20H20N2O4S. The number of para-hydroxylation sites is 1. The Morgan fingerprint density at radius 1 is 1.04 bits per heavy atom. The molecule has 0 saturated carbocycles. The van der Waals surface area contributed by atoms with Gasteiger partial charge in [0.05, 0.1) is 24.6 Å². The maximum absolute atomic E-state index is 13.3. The summed E-state index contributed by atoms with van der Waals surface area (Å²) in [5.74, 6) is 1.37. The van der Waals surface area contributed by atoms with E-state index in [1.165, 1.54) is 30.7 Å². The zero-order chi connectivity index (χ0) is 19.2. The van der Waals surface area contributed by atoms with Crippen molar-refractivity contribution in [3.63, 3.8) is 0 Å². The van der Waals surface area contributed by atoms with Crippen LogP contribution in [0.25, 0.3) is 10.9 Å². The van der Waals surface area contributed by atoms with Crippen LogP contribution in [-0.4, -0.2) is 34.2 Å². The van der Waals surface area contributed by atoms with Crippen molar-refractivity contribution in [2.45, 2.75) is 18.2 Å². The summed E-state index contributed by atoms with van der Waals surface area (Å²) >= 11 is 0. The van der Waals surface area contributed by atoms with Crippen LogP contribution in [0.3, 0.4) is 0 Å². The lowest BCUT2D eigenvalue weighted by atomic mass is 10.1. The Hall–Kier alpha value is -2.80. The van der Waals surface area contributed by atoms with E-state index in [0.717, 1.165) is 22.0 Å². The minimum atomic E-state index is -3.76. The van der Waals surface area contributed by atoms with Crippen LogP contribution >= 0.6 is 0 Å². The molecule has 7 heteroatoms. The molecule has 6 nitrogen and oxygen atoms in total. The van der Waals surface area contributed by atoms with E-state index in [2.05, 4.69) is 0 Å². The van der Waals surface area contributed by atoms with Gasteiger partial charge < -0.3 is 9.47 Å². The normalized spacial score (nSPS) is 13.7. The second-order valence-electron chi connectivity index (χ2n) is 6.46. The summed E-state index contributed by atoms with van der Waals surface area (Å²) in [6.07, 6.45) is 0.638. The van der Waals surface area contributed by atoms with Crippen LogP contribution in [0, 0.1) is 6.92 Å². The minimum Gasteiger partial charge on any atom is -0.493 e. The molecule has 0 unspecified atom stereocenters. The fourth-order valence-corrected chi connectivity index (χ4v) is 4.91. The number of hydrogen-bond donors (Lipinski definition) is 0. The second kappa shape index (κ2) is 6.42. The number of ether oxygens (including phenoxy) is 2. The number of aromatic nitrogens is 1. The molecule has 1 aliphatic rings. The molecule has 27 heavy (non-hydrogen) atoms. The highest BCUT2D eigenvalue weighted by Crippen LogP contribution is 2.36. The zero-order valence-electron chi connectivity index (χ0n) is 15.4. The maximum Gasteiger partial charge on any atom is 0.265 e. The third-order valence-electron chi connectivity index (χ3n) is 4.87. The Kier molecular flexibility index (Phi) is 4.19. The van der Waals surface area contributed by atoms with Crippen molar-refractivity contribution >= 4 is 26.7 Å². The van der Waals surface area contributed by atoms with Crippen molar-refractivity contribution < 1.29 is 17.9 Å². The van der Waals surface area contributed by atoms with Crippen LogP contribution in [0.5, 0.6) is 11.5 Å². The first-order chi connectivity index (χ1) is 13.0. The molecule has 140 valence electrons. The van der Waals surface area contributed by atoms with Gasteiger partial charge in [-0.2, -0.15) is 0 Å². The lowest BCUT2D eigenvalue weighted by Crippen LogP contribution is -2.29. The van der Waals surface area contributed by atoms with Crippen molar-refractivity contribution in [3.8, 4) is 11.5 Å². The van der Waals surface area contributed by atoms with E-state index in [-0.39, 0.29) is 4.90 Å². The molecule has 0 fully saturated rings. The summed E-state index contributed by atoms with van der Waals surface area (Å²) in [7, 11) is -0.760. The Bertz CT molecular complexity index is 1140. The quantitative estimate of drug-likeness (QED) is 0.690. The van der Waals surface area contributed by atoms with Crippen LogP contribution in [0.15, 0.2) is 47.4 Å². The van der Waals surface area contributed by atoms with Crippen molar-refractivity contribution in [2.75, 3.05) is 25.1 Å². The smallest absolute Gasteiger partial charge is 0.265 e. The molecule has 0 N–H and O–H groups in total. The number of pyridine rings is 1. The highest BCUT2D eigenvalue weighted by atomic mass is 32.2. The van der Waals surface area contributed by atoms with E-state index >= 15 is 0 Å². The molecule has 4 rings (SSSR count). The lowest BCUT2D eigenvalue weighted by Gasteiger charge is -2.20. The summed E-state index contributed by atoms with van der Waals surface area (Å²) in [6, 6.07) is 12.6. The van der Waals surface area contributed by atoms with Gasteiger partial charge in [0.15, 0.2) is 11.5 Å². The van der Waals surface area contributed by atoms with Gasteiger partial charge in [-0.05, 0) is 42.7 Å². The molecule has 0 amide bonds. The van der Waals surface area contributed by atoms with Gasteiger partial charge in [-0.25, -0.2) is 17.7 Å². The number of nitrogens with zero attached hydrogens (tertiary/aromatic N) is 2. The van der Waals surface area contributed by atoms with Crippen LogP contribution < -0.4 is 13.8 Å². The number of fused-ring (bicyclic) bond motifs is 2. The van der Waals surface area contributed by atoms with Crippen molar-refractivity contribution in [3.05, 3.63) is 53.6 Å². The molecule has 0 radical (unpaired) electrons. The number of methoxy groups -OCH3 is 2. The third kappa shape index (κ3) is 2.78. The summed E-state index contributed by atoms with van der Waals surface area (Å²) in [5, 5.41) is 1.03. The van der Waals surface area contributed by atoms with Crippen molar-refractivity contribution in [1.82, 2.24) is 4.98 Å². The molecule has 3 aromatic rings. The van der Waals surface area contributed by atoms with E-state index in [4.69, 9.17) is 14.5 Å². The molecule has 0 bridgehead atoms. The summed E-state index contributed by atoms with van der Waals surface area (Å²) in [4.78, 5) is 4.85. The molecule has 0 saturated heterocycles. The van der Waals surface area contributed by atoms with Crippen LogP contribution in [0.2, 0.25) is 0 Å². The molecular weight excluding hydrogens is 364 g/mol. The second-order valence-corrected chi connectivity index (χ2v) is 8.32. The number of sulfonamides is 1. The van der Waals surface area contributed by atoms with Gasteiger partial charge in [0.25, 0.3) is 10.0 Å². The molecule has 1 aliphatic heterocycles. The van der Waals surface area contributed by atoms with Gasteiger partial charge in [0, 0.05) is 18.0 Å². The lowest BCUT2D eigenvalue weighted by molar-refractivity contribution is 0.354. The van der Waals surface area contributed by atoms with Gasteiger partial charge in [0.2, 0.25) is 0 Å². The van der Waals surface area contributed by atoms with E-state index in [1.54, 1.807) is 6.07 Å². The van der Waals surface area contributed by atoms with Crippen LogP contribution in [-0.2, 0) is 16.4 Å². The number of anilines is 1. The van der Waals surface area contributed by atoms with Gasteiger partial charge >= 0.3 is 0 Å². The first-order valence-corrected chi connectivity index (χ1v) is 10.0. The Labute approximate surface area is 158 Å². The number of hydrogen-bond acceptors (Lipinski definition) is 5. The van der Waals surface area contributed by atoms with E-state index in [9.17, 15) is 8.42 Å². The number of aryl methyl sites for hydroxylation is 1. The molecule has 0 aliphatic carbocycles.